The molecule has 2 aliphatic carbocycles. The third-order valence-electron chi connectivity index (χ3n) is 3.87. The van der Waals surface area contributed by atoms with Crippen molar-refractivity contribution in [2.75, 3.05) is 0 Å². The molecule has 11 heavy (non-hydrogen) atoms. The molecular formula is C9H16O2. The van der Waals surface area contributed by atoms with Crippen molar-refractivity contribution in [2.45, 2.75) is 38.9 Å². The van der Waals surface area contributed by atoms with E-state index in [9.17, 15) is 10.2 Å². The lowest BCUT2D eigenvalue weighted by Gasteiger charge is -2.23. The Morgan fingerprint density at radius 3 is 1.55 bits per heavy atom. The minimum absolute atomic E-state index is 0.166. The summed E-state index contributed by atoms with van der Waals surface area (Å²) in [6.07, 6.45) is 1.28. The number of hydrogen-bond acceptors (Lipinski definition) is 2. The van der Waals surface area contributed by atoms with Gasteiger partial charge in [0, 0.05) is 0 Å². The maximum Gasteiger partial charge on any atom is 0.0835 e. The predicted octanol–water partition coefficient (Wildman–Crippen LogP) is 0.774. The highest BCUT2D eigenvalue weighted by Gasteiger charge is 2.58. The molecule has 64 valence electrons. The molecule has 0 spiro atoms. The predicted molar refractivity (Wildman–Crippen MR) is 42.0 cm³/mol. The molecule has 2 aliphatic rings. The summed E-state index contributed by atoms with van der Waals surface area (Å²) in [5.41, 5.74) is 0.166. The first-order valence-electron chi connectivity index (χ1n) is 4.41. The minimum Gasteiger partial charge on any atom is -0.390 e. The van der Waals surface area contributed by atoms with E-state index < -0.39 is 12.2 Å². The van der Waals surface area contributed by atoms with Crippen molar-refractivity contribution in [3.8, 4) is 0 Å². The van der Waals surface area contributed by atoms with Crippen molar-refractivity contribution < 1.29 is 10.2 Å². The average molecular weight is 156 g/mol. The second-order valence-electron chi connectivity index (χ2n) is 4.59. The average Bonchev–Trinajstić information content (AvgIpc) is 2.27. The quantitative estimate of drug-likeness (QED) is 0.544. The Kier molecular flexibility index (Phi) is 1.37. The number of fused-ring (bicyclic) bond motifs is 2. The summed E-state index contributed by atoms with van der Waals surface area (Å²) in [5.74, 6) is 0.671. The second-order valence-corrected chi connectivity index (χ2v) is 4.59. The molecule has 2 fully saturated rings. The molecule has 2 saturated carbocycles. The second kappa shape index (κ2) is 1.99. The van der Waals surface area contributed by atoms with E-state index >= 15 is 0 Å². The minimum atomic E-state index is -0.455. The topological polar surface area (TPSA) is 40.5 Å². The van der Waals surface area contributed by atoms with Gasteiger partial charge in [0.15, 0.2) is 0 Å². The zero-order chi connectivity index (χ0) is 8.22. The lowest BCUT2D eigenvalue weighted by atomic mass is 9.82. The Bertz CT molecular complexity index is 158. The van der Waals surface area contributed by atoms with Crippen LogP contribution in [0.25, 0.3) is 0 Å². The molecule has 2 bridgehead atoms. The summed E-state index contributed by atoms with van der Waals surface area (Å²) in [7, 11) is 0. The van der Waals surface area contributed by atoms with Crippen LogP contribution in [0, 0.1) is 17.3 Å². The van der Waals surface area contributed by atoms with Gasteiger partial charge in [-0.3, -0.25) is 0 Å². The van der Waals surface area contributed by atoms with Gasteiger partial charge >= 0.3 is 0 Å². The molecule has 0 unspecified atom stereocenters. The zero-order valence-corrected chi connectivity index (χ0v) is 7.12. The smallest absolute Gasteiger partial charge is 0.0835 e. The first-order valence-corrected chi connectivity index (χ1v) is 4.41. The molecule has 2 heteroatoms. The fraction of sp³-hybridized carbons (Fsp3) is 1.00. The molecule has 0 amide bonds. The Morgan fingerprint density at radius 1 is 1.00 bits per heavy atom. The fourth-order valence-corrected chi connectivity index (χ4v) is 3.08. The van der Waals surface area contributed by atoms with Crippen molar-refractivity contribution in [1.82, 2.24) is 0 Å². The first-order chi connectivity index (χ1) is 5.05. The van der Waals surface area contributed by atoms with Gasteiger partial charge in [0.1, 0.15) is 0 Å². The maximum atomic E-state index is 9.57. The summed E-state index contributed by atoms with van der Waals surface area (Å²) in [4.78, 5) is 0. The Morgan fingerprint density at radius 2 is 1.36 bits per heavy atom. The molecule has 0 heterocycles. The number of aliphatic hydroxyl groups excluding tert-OH is 2. The highest BCUT2D eigenvalue weighted by molar-refractivity contribution is 5.07. The van der Waals surface area contributed by atoms with Crippen LogP contribution in [-0.4, -0.2) is 22.4 Å². The van der Waals surface area contributed by atoms with Crippen molar-refractivity contribution >= 4 is 0 Å². The third-order valence-corrected chi connectivity index (χ3v) is 3.87. The fourth-order valence-electron chi connectivity index (χ4n) is 3.08. The third kappa shape index (κ3) is 0.744. The monoisotopic (exact) mass is 156 g/mol. The van der Waals surface area contributed by atoms with Crippen LogP contribution in [0.2, 0.25) is 0 Å². The number of aliphatic hydroxyl groups is 2. The van der Waals surface area contributed by atoms with Crippen molar-refractivity contribution in [3.05, 3.63) is 0 Å². The van der Waals surface area contributed by atoms with Crippen molar-refractivity contribution in [3.63, 3.8) is 0 Å². The Balaban J connectivity index is 2.31. The molecule has 2 N–H and O–H groups in total. The van der Waals surface area contributed by atoms with Crippen molar-refractivity contribution in [1.29, 1.82) is 0 Å². The van der Waals surface area contributed by atoms with Crippen LogP contribution >= 0.6 is 0 Å². The SMILES string of the molecule is CC1(C)[C@@H]2CC[C@H]1[C@H](O)[C@@H]2O. The summed E-state index contributed by atoms with van der Waals surface area (Å²) in [6.45, 7) is 4.32. The summed E-state index contributed by atoms with van der Waals surface area (Å²) in [6, 6.07) is 0. The van der Waals surface area contributed by atoms with Gasteiger partial charge in [-0.05, 0) is 30.1 Å². The molecule has 0 saturated heterocycles. The van der Waals surface area contributed by atoms with Gasteiger partial charge in [-0.2, -0.15) is 0 Å². The van der Waals surface area contributed by atoms with Crippen LogP contribution < -0.4 is 0 Å². The van der Waals surface area contributed by atoms with E-state index in [0.717, 1.165) is 12.8 Å². The van der Waals surface area contributed by atoms with Gasteiger partial charge in [0.2, 0.25) is 0 Å². The molecule has 0 aromatic heterocycles. The van der Waals surface area contributed by atoms with Crippen LogP contribution in [-0.2, 0) is 0 Å². The Hall–Kier alpha value is -0.0800. The molecule has 0 aromatic carbocycles. The van der Waals surface area contributed by atoms with E-state index in [4.69, 9.17) is 0 Å². The van der Waals surface area contributed by atoms with Gasteiger partial charge in [-0.15, -0.1) is 0 Å². The van der Waals surface area contributed by atoms with Gasteiger partial charge in [0.25, 0.3) is 0 Å². The summed E-state index contributed by atoms with van der Waals surface area (Å²) < 4.78 is 0. The molecule has 0 aromatic rings. The Labute approximate surface area is 67.2 Å². The molecular weight excluding hydrogens is 140 g/mol. The van der Waals surface area contributed by atoms with Crippen LogP contribution in [0.15, 0.2) is 0 Å². The van der Waals surface area contributed by atoms with E-state index in [1.54, 1.807) is 0 Å². The highest BCUT2D eigenvalue weighted by atomic mass is 16.3. The molecule has 0 radical (unpaired) electrons. The van der Waals surface area contributed by atoms with Gasteiger partial charge < -0.3 is 10.2 Å². The zero-order valence-electron chi connectivity index (χ0n) is 7.12. The van der Waals surface area contributed by atoms with E-state index in [2.05, 4.69) is 13.8 Å². The highest BCUT2D eigenvalue weighted by Crippen LogP contribution is 2.57. The molecule has 4 atom stereocenters. The molecule has 0 aliphatic heterocycles. The number of hydrogen-bond donors (Lipinski definition) is 2. The van der Waals surface area contributed by atoms with Gasteiger partial charge in [-0.25, -0.2) is 0 Å². The maximum absolute atomic E-state index is 9.57. The van der Waals surface area contributed by atoms with Crippen LogP contribution in [0.1, 0.15) is 26.7 Å². The van der Waals surface area contributed by atoms with Crippen LogP contribution in [0.5, 0.6) is 0 Å². The van der Waals surface area contributed by atoms with Crippen LogP contribution in [0.3, 0.4) is 0 Å². The van der Waals surface area contributed by atoms with E-state index in [0.29, 0.717) is 11.8 Å². The molecule has 2 rings (SSSR count). The summed E-state index contributed by atoms with van der Waals surface area (Å²) in [5, 5.41) is 19.1. The van der Waals surface area contributed by atoms with Gasteiger partial charge in [0.05, 0.1) is 12.2 Å². The standard InChI is InChI=1S/C9H16O2/c1-9(2)5-3-4-6(9)8(11)7(5)10/h5-8,10-11H,3-4H2,1-2H3/t5-,6+,7-,8+. The van der Waals surface area contributed by atoms with E-state index in [1.165, 1.54) is 0 Å². The number of rotatable bonds is 0. The first kappa shape index (κ1) is 7.56. The lowest BCUT2D eigenvalue weighted by Crippen LogP contribution is -2.31. The van der Waals surface area contributed by atoms with Crippen molar-refractivity contribution in [2.24, 2.45) is 17.3 Å². The van der Waals surface area contributed by atoms with E-state index in [1.807, 2.05) is 0 Å². The largest absolute Gasteiger partial charge is 0.390 e. The van der Waals surface area contributed by atoms with Gasteiger partial charge in [-0.1, -0.05) is 13.8 Å². The normalized spacial score (nSPS) is 53.5. The molecule has 2 nitrogen and oxygen atoms in total. The lowest BCUT2D eigenvalue weighted by molar-refractivity contribution is -0.0160. The van der Waals surface area contributed by atoms with E-state index in [-0.39, 0.29) is 5.41 Å². The summed E-state index contributed by atoms with van der Waals surface area (Å²) >= 11 is 0. The van der Waals surface area contributed by atoms with Crippen LogP contribution in [0.4, 0.5) is 0 Å².